The maximum absolute atomic E-state index is 12.6. The molecule has 55 heavy (non-hydrogen) atoms. The van der Waals surface area contributed by atoms with E-state index in [-0.39, 0.29) is 19.4 Å². The highest BCUT2D eigenvalue weighted by Gasteiger charge is 2.28. The predicted octanol–water partition coefficient (Wildman–Crippen LogP) is 11.7. The number of ether oxygens (including phenoxy) is 2. The highest BCUT2D eigenvalue weighted by molar-refractivity contribution is 7.47. The van der Waals surface area contributed by atoms with Crippen LogP contribution < -0.4 is 5.73 Å². The molecule has 4 N–H and O–H groups in total. The van der Waals surface area contributed by atoms with Gasteiger partial charge in [0.25, 0.3) is 0 Å². The zero-order valence-electron chi connectivity index (χ0n) is 35.0. The summed E-state index contributed by atoms with van der Waals surface area (Å²) in [5.41, 5.74) is 5.33. The Kier molecular flexibility index (Phi) is 37.8. The molecule has 0 aromatic rings. The monoisotopic (exact) mass is 804 g/mol. The number of hydrogen-bond donors (Lipinski definition) is 3. The zero-order chi connectivity index (χ0) is 40.7. The Bertz CT molecular complexity index is 995. The minimum Gasteiger partial charge on any atom is -0.480 e. The number of carboxylic acids is 1. The van der Waals surface area contributed by atoms with Crippen LogP contribution in [-0.4, -0.2) is 59.9 Å². The summed E-state index contributed by atoms with van der Waals surface area (Å²) in [6, 6.07) is -1.52. The van der Waals surface area contributed by atoms with Gasteiger partial charge in [-0.05, 0) is 38.5 Å². The van der Waals surface area contributed by atoms with E-state index in [9.17, 15) is 23.8 Å². The molecule has 0 aromatic heterocycles. The first-order valence-electron chi connectivity index (χ1n) is 22.2. The molecule has 0 heterocycles. The van der Waals surface area contributed by atoms with Crippen LogP contribution in [0.5, 0.6) is 0 Å². The van der Waals surface area contributed by atoms with E-state index in [2.05, 4.69) is 30.5 Å². The fourth-order valence-electron chi connectivity index (χ4n) is 6.24. The predicted molar refractivity (Wildman–Crippen MR) is 222 cm³/mol. The van der Waals surface area contributed by atoms with Crippen LogP contribution in [0, 0.1) is 0 Å². The van der Waals surface area contributed by atoms with Crippen molar-refractivity contribution < 1.29 is 47.5 Å². The minimum atomic E-state index is -4.71. The van der Waals surface area contributed by atoms with E-state index in [4.69, 9.17) is 24.8 Å². The van der Waals surface area contributed by atoms with Crippen molar-refractivity contribution in [2.45, 2.75) is 225 Å². The van der Waals surface area contributed by atoms with Crippen LogP contribution in [0.25, 0.3) is 0 Å². The lowest BCUT2D eigenvalue weighted by molar-refractivity contribution is -0.161. The lowest BCUT2D eigenvalue weighted by Crippen LogP contribution is -2.34. The van der Waals surface area contributed by atoms with Gasteiger partial charge in [-0.1, -0.05) is 174 Å². The second-order valence-electron chi connectivity index (χ2n) is 15.2. The van der Waals surface area contributed by atoms with Gasteiger partial charge in [-0.2, -0.15) is 0 Å². The number of phosphoric ester groups is 1. The van der Waals surface area contributed by atoms with Crippen molar-refractivity contribution in [2.24, 2.45) is 5.73 Å². The number of carboxylic acid groups (broad SMARTS) is 1. The Morgan fingerprint density at radius 1 is 0.545 bits per heavy atom. The molecule has 0 rings (SSSR count). The first kappa shape index (κ1) is 53.2. The summed E-state index contributed by atoms with van der Waals surface area (Å²) in [4.78, 5) is 45.9. The molecule has 0 spiro atoms. The average molecular weight is 804 g/mol. The molecular formula is C43H82NO10P. The Labute approximate surface area is 335 Å². The Hall–Kier alpha value is -1.78. The summed E-state index contributed by atoms with van der Waals surface area (Å²) in [5.74, 6) is -2.38. The lowest BCUT2D eigenvalue weighted by atomic mass is 10.0. The molecule has 0 saturated heterocycles. The smallest absolute Gasteiger partial charge is 0.472 e. The van der Waals surface area contributed by atoms with Gasteiger partial charge in [-0.3, -0.25) is 23.4 Å². The van der Waals surface area contributed by atoms with Crippen molar-refractivity contribution in [3.8, 4) is 0 Å². The van der Waals surface area contributed by atoms with Gasteiger partial charge >= 0.3 is 25.7 Å². The number of allylic oxidation sites excluding steroid dienone is 2. The fourth-order valence-corrected chi connectivity index (χ4v) is 7.02. The molecule has 0 bridgehead atoms. The van der Waals surface area contributed by atoms with Crippen LogP contribution >= 0.6 is 7.82 Å². The van der Waals surface area contributed by atoms with E-state index in [0.717, 1.165) is 57.8 Å². The molecule has 0 fully saturated rings. The molecule has 0 amide bonds. The number of hydrogen-bond acceptors (Lipinski definition) is 9. The lowest BCUT2D eigenvalue weighted by Gasteiger charge is -2.20. The second-order valence-corrected chi connectivity index (χ2v) is 16.6. The van der Waals surface area contributed by atoms with Crippen LogP contribution in [0.1, 0.15) is 213 Å². The molecule has 0 aliphatic rings. The summed E-state index contributed by atoms with van der Waals surface area (Å²) in [5, 5.41) is 8.89. The summed E-state index contributed by atoms with van der Waals surface area (Å²) >= 11 is 0. The normalized spacial score (nSPS) is 13.8. The standard InChI is InChI=1S/C43H82NO10P/c1-3-5-7-9-11-13-15-17-19-20-21-23-25-27-29-31-33-35-42(46)54-39(37-52-55(49,50)53-38-40(44)43(47)48)36-51-41(45)34-32-30-28-26-24-22-18-16-14-12-10-8-6-4-2/h16,18,39-40H,3-15,17,19-38,44H2,1-2H3,(H,47,48)(H,49,50)/b18-16-/t39-,40+/m1/s1. The van der Waals surface area contributed by atoms with Crippen molar-refractivity contribution in [1.82, 2.24) is 0 Å². The van der Waals surface area contributed by atoms with Gasteiger partial charge in [0.2, 0.25) is 0 Å². The molecule has 324 valence electrons. The number of carbonyl (C=O) groups is 3. The number of aliphatic carboxylic acids is 1. The van der Waals surface area contributed by atoms with Crippen molar-refractivity contribution in [1.29, 1.82) is 0 Å². The van der Waals surface area contributed by atoms with E-state index in [0.29, 0.717) is 12.8 Å². The molecule has 11 nitrogen and oxygen atoms in total. The fraction of sp³-hybridized carbons (Fsp3) is 0.884. The second kappa shape index (κ2) is 39.1. The van der Waals surface area contributed by atoms with Crippen molar-refractivity contribution in [2.75, 3.05) is 19.8 Å². The maximum Gasteiger partial charge on any atom is 0.472 e. The van der Waals surface area contributed by atoms with Crippen LogP contribution in [0.2, 0.25) is 0 Å². The summed E-state index contributed by atoms with van der Waals surface area (Å²) in [6.07, 6.45) is 38.4. The van der Waals surface area contributed by atoms with E-state index >= 15 is 0 Å². The zero-order valence-corrected chi connectivity index (χ0v) is 35.9. The number of rotatable bonds is 42. The van der Waals surface area contributed by atoms with Gasteiger partial charge in [0.1, 0.15) is 12.6 Å². The van der Waals surface area contributed by atoms with Crippen LogP contribution in [0.15, 0.2) is 12.2 Å². The van der Waals surface area contributed by atoms with E-state index in [1.165, 1.54) is 116 Å². The van der Waals surface area contributed by atoms with Gasteiger partial charge in [0, 0.05) is 12.8 Å². The number of carbonyl (C=O) groups excluding carboxylic acids is 2. The Morgan fingerprint density at radius 3 is 1.33 bits per heavy atom. The highest BCUT2D eigenvalue weighted by Crippen LogP contribution is 2.43. The van der Waals surface area contributed by atoms with Crippen molar-refractivity contribution in [3.05, 3.63) is 12.2 Å². The van der Waals surface area contributed by atoms with Crippen molar-refractivity contribution in [3.63, 3.8) is 0 Å². The summed E-state index contributed by atoms with van der Waals surface area (Å²) in [7, 11) is -4.71. The average Bonchev–Trinajstić information content (AvgIpc) is 3.16. The topological polar surface area (TPSA) is 172 Å². The van der Waals surface area contributed by atoms with Gasteiger partial charge in [-0.25, -0.2) is 4.57 Å². The third-order valence-electron chi connectivity index (χ3n) is 9.76. The number of esters is 2. The number of phosphoric acid groups is 1. The SMILES string of the molecule is CCCCCCC/C=C\CCCCCCCC(=O)OC[C@H](COP(=O)(O)OC[C@H](N)C(=O)O)OC(=O)CCCCCCCCCCCCCCCCCCC. The third-order valence-corrected chi connectivity index (χ3v) is 10.7. The van der Waals surface area contributed by atoms with Gasteiger partial charge < -0.3 is 25.2 Å². The van der Waals surface area contributed by atoms with E-state index in [1.807, 2.05) is 0 Å². The maximum atomic E-state index is 12.6. The Balaban J connectivity index is 4.33. The summed E-state index contributed by atoms with van der Waals surface area (Å²) < 4.78 is 32.7. The molecule has 0 saturated carbocycles. The Morgan fingerprint density at radius 2 is 0.909 bits per heavy atom. The van der Waals surface area contributed by atoms with E-state index in [1.54, 1.807) is 0 Å². The van der Waals surface area contributed by atoms with E-state index < -0.39 is 51.1 Å². The number of unbranched alkanes of at least 4 members (excludes halogenated alkanes) is 26. The van der Waals surface area contributed by atoms with Gasteiger partial charge in [0.15, 0.2) is 6.10 Å². The third kappa shape index (κ3) is 38.9. The van der Waals surface area contributed by atoms with Crippen molar-refractivity contribution >= 4 is 25.7 Å². The first-order chi connectivity index (χ1) is 26.6. The molecule has 1 unspecified atom stereocenters. The summed E-state index contributed by atoms with van der Waals surface area (Å²) in [6.45, 7) is 2.81. The van der Waals surface area contributed by atoms with Crippen LogP contribution in [0.3, 0.4) is 0 Å². The van der Waals surface area contributed by atoms with Gasteiger partial charge in [-0.15, -0.1) is 0 Å². The molecule has 12 heteroatoms. The minimum absolute atomic E-state index is 0.165. The largest absolute Gasteiger partial charge is 0.480 e. The first-order valence-corrected chi connectivity index (χ1v) is 23.7. The molecule has 3 atom stereocenters. The molecule has 0 radical (unpaired) electrons. The quantitative estimate of drug-likeness (QED) is 0.0232. The van der Waals surface area contributed by atoms with Gasteiger partial charge in [0.05, 0.1) is 13.2 Å². The molecule has 0 aliphatic heterocycles. The highest BCUT2D eigenvalue weighted by atomic mass is 31.2. The molecule has 0 aliphatic carbocycles. The molecular weight excluding hydrogens is 721 g/mol. The molecule has 0 aromatic carbocycles. The van der Waals surface area contributed by atoms with Crippen LogP contribution in [0.4, 0.5) is 0 Å². The number of nitrogens with two attached hydrogens (primary N) is 1. The van der Waals surface area contributed by atoms with Crippen LogP contribution in [-0.2, 0) is 37.5 Å².